The lowest BCUT2D eigenvalue weighted by Gasteiger charge is -2.18. The zero-order valence-electron chi connectivity index (χ0n) is 12.0. The number of hydrazine groups is 1. The number of aryl methyl sites for hydroxylation is 1. The fourth-order valence-corrected chi connectivity index (χ4v) is 2.44. The zero-order chi connectivity index (χ0) is 14.7. The number of hydrogen-bond acceptors (Lipinski definition) is 5. The van der Waals surface area contributed by atoms with E-state index < -0.39 is 0 Å². The van der Waals surface area contributed by atoms with E-state index >= 15 is 0 Å². The molecule has 0 saturated carbocycles. The van der Waals surface area contributed by atoms with Gasteiger partial charge in [0.25, 0.3) is 0 Å². The molecular weight excluding hydrogens is 266 g/mol. The van der Waals surface area contributed by atoms with Crippen LogP contribution in [-0.4, -0.2) is 18.2 Å². The molecule has 2 aromatic rings. The fourth-order valence-electron chi connectivity index (χ4n) is 2.44. The summed E-state index contributed by atoms with van der Waals surface area (Å²) in [7, 11) is 0. The molecule has 0 fully saturated rings. The summed E-state index contributed by atoms with van der Waals surface area (Å²) in [6, 6.07) is 11.6. The van der Waals surface area contributed by atoms with Gasteiger partial charge < -0.3 is 9.47 Å². The Morgan fingerprint density at radius 2 is 1.95 bits per heavy atom. The van der Waals surface area contributed by atoms with Crippen LogP contribution in [0.1, 0.15) is 29.4 Å². The van der Waals surface area contributed by atoms with Gasteiger partial charge in [0.1, 0.15) is 0 Å². The van der Waals surface area contributed by atoms with Crippen LogP contribution in [0, 0.1) is 6.92 Å². The first kappa shape index (κ1) is 13.9. The topological polar surface area (TPSA) is 69.4 Å². The van der Waals surface area contributed by atoms with Crippen molar-refractivity contribution in [2.75, 3.05) is 13.2 Å². The van der Waals surface area contributed by atoms with Crippen LogP contribution in [-0.2, 0) is 0 Å². The minimum Gasteiger partial charge on any atom is -0.490 e. The number of pyridine rings is 1. The van der Waals surface area contributed by atoms with Crippen molar-refractivity contribution < 1.29 is 9.47 Å². The molecule has 1 aliphatic heterocycles. The smallest absolute Gasteiger partial charge is 0.161 e. The van der Waals surface area contributed by atoms with Gasteiger partial charge in [0.05, 0.1) is 24.9 Å². The molecule has 1 aromatic heterocycles. The normalized spacial score (nSPS) is 15.3. The maximum Gasteiger partial charge on any atom is 0.161 e. The van der Waals surface area contributed by atoms with Gasteiger partial charge in [-0.15, -0.1) is 0 Å². The second-order valence-corrected chi connectivity index (χ2v) is 5.06. The Hall–Kier alpha value is -2.11. The number of nitrogens with two attached hydrogens (primary N) is 1. The third-order valence-electron chi connectivity index (χ3n) is 3.48. The van der Waals surface area contributed by atoms with Crippen LogP contribution in [0.3, 0.4) is 0 Å². The molecule has 5 nitrogen and oxygen atoms in total. The van der Waals surface area contributed by atoms with Gasteiger partial charge in [0, 0.05) is 12.1 Å². The molecule has 0 amide bonds. The molecule has 0 radical (unpaired) electrons. The molecule has 0 aliphatic carbocycles. The zero-order valence-corrected chi connectivity index (χ0v) is 12.0. The molecular formula is C16H19N3O2. The van der Waals surface area contributed by atoms with Gasteiger partial charge in [-0.05, 0) is 36.8 Å². The van der Waals surface area contributed by atoms with Crippen LogP contribution in [0.25, 0.3) is 0 Å². The number of ether oxygens (including phenoxy) is 2. The monoisotopic (exact) mass is 285 g/mol. The Labute approximate surface area is 124 Å². The molecule has 2 heterocycles. The molecule has 0 bridgehead atoms. The summed E-state index contributed by atoms with van der Waals surface area (Å²) < 4.78 is 11.4. The number of rotatable bonds is 3. The number of nitrogens with zero attached hydrogens (tertiary/aromatic N) is 1. The second kappa shape index (κ2) is 6.11. The number of hydrogen-bond donors (Lipinski definition) is 2. The van der Waals surface area contributed by atoms with Crippen LogP contribution < -0.4 is 20.7 Å². The first-order valence-electron chi connectivity index (χ1n) is 7.07. The van der Waals surface area contributed by atoms with Crippen molar-refractivity contribution in [3.63, 3.8) is 0 Å². The summed E-state index contributed by atoms with van der Waals surface area (Å²) in [5.74, 6) is 7.28. The third-order valence-corrected chi connectivity index (χ3v) is 3.48. The minimum atomic E-state index is -0.179. The van der Waals surface area contributed by atoms with Crippen molar-refractivity contribution in [2.24, 2.45) is 5.84 Å². The van der Waals surface area contributed by atoms with Gasteiger partial charge in [-0.1, -0.05) is 12.1 Å². The van der Waals surface area contributed by atoms with E-state index in [-0.39, 0.29) is 6.04 Å². The lowest BCUT2D eigenvalue weighted by atomic mass is 10.0. The van der Waals surface area contributed by atoms with Gasteiger partial charge in [0.2, 0.25) is 0 Å². The van der Waals surface area contributed by atoms with Gasteiger partial charge in [-0.25, -0.2) is 5.43 Å². The molecule has 1 unspecified atom stereocenters. The van der Waals surface area contributed by atoms with Crippen molar-refractivity contribution in [3.05, 3.63) is 53.3 Å². The van der Waals surface area contributed by atoms with E-state index in [2.05, 4.69) is 10.4 Å². The highest BCUT2D eigenvalue weighted by molar-refractivity contribution is 5.45. The van der Waals surface area contributed by atoms with Crippen LogP contribution >= 0.6 is 0 Å². The summed E-state index contributed by atoms with van der Waals surface area (Å²) >= 11 is 0. The summed E-state index contributed by atoms with van der Waals surface area (Å²) in [4.78, 5) is 4.54. The van der Waals surface area contributed by atoms with Crippen LogP contribution in [0.5, 0.6) is 11.5 Å². The van der Waals surface area contributed by atoms with Crippen molar-refractivity contribution in [2.45, 2.75) is 19.4 Å². The van der Waals surface area contributed by atoms with Crippen molar-refractivity contribution in [1.29, 1.82) is 0 Å². The Morgan fingerprint density at radius 1 is 1.14 bits per heavy atom. The van der Waals surface area contributed by atoms with E-state index in [0.29, 0.717) is 13.2 Å². The lowest BCUT2D eigenvalue weighted by molar-refractivity contribution is 0.297. The van der Waals surface area contributed by atoms with Gasteiger partial charge in [0.15, 0.2) is 11.5 Å². The molecule has 21 heavy (non-hydrogen) atoms. The summed E-state index contributed by atoms with van der Waals surface area (Å²) in [6.45, 7) is 3.31. The molecule has 1 aromatic carbocycles. The molecule has 1 atom stereocenters. The highest BCUT2D eigenvalue weighted by Crippen LogP contribution is 2.33. The van der Waals surface area contributed by atoms with E-state index in [1.807, 2.05) is 43.3 Å². The summed E-state index contributed by atoms with van der Waals surface area (Å²) in [5.41, 5.74) is 5.67. The molecule has 1 aliphatic rings. The van der Waals surface area contributed by atoms with Crippen molar-refractivity contribution in [1.82, 2.24) is 10.4 Å². The van der Waals surface area contributed by atoms with Crippen LogP contribution in [0.15, 0.2) is 36.4 Å². The average Bonchev–Trinajstić information content (AvgIpc) is 2.73. The van der Waals surface area contributed by atoms with E-state index in [1.165, 1.54) is 0 Å². The number of fused-ring (bicyclic) bond motifs is 1. The maximum atomic E-state index is 5.73. The maximum absolute atomic E-state index is 5.73. The summed E-state index contributed by atoms with van der Waals surface area (Å²) in [5, 5.41) is 0. The Kier molecular flexibility index (Phi) is 4.03. The Bertz CT molecular complexity index is 631. The number of nitrogens with one attached hydrogen (secondary N) is 1. The lowest BCUT2D eigenvalue weighted by Crippen LogP contribution is -2.29. The highest BCUT2D eigenvalue weighted by atomic mass is 16.5. The predicted molar refractivity (Wildman–Crippen MR) is 80.2 cm³/mol. The Balaban J connectivity index is 1.96. The predicted octanol–water partition coefficient (Wildman–Crippen LogP) is 2.10. The molecule has 110 valence electrons. The number of benzene rings is 1. The van der Waals surface area contributed by atoms with Crippen LogP contribution in [0.2, 0.25) is 0 Å². The summed E-state index contributed by atoms with van der Waals surface area (Å²) in [6.07, 6.45) is 0.891. The van der Waals surface area contributed by atoms with E-state index in [9.17, 15) is 0 Å². The Morgan fingerprint density at radius 3 is 2.71 bits per heavy atom. The van der Waals surface area contributed by atoms with Crippen LogP contribution in [0.4, 0.5) is 0 Å². The quantitative estimate of drug-likeness (QED) is 0.667. The molecule has 0 saturated heterocycles. The van der Waals surface area contributed by atoms with E-state index in [1.54, 1.807) is 0 Å². The first-order valence-corrected chi connectivity index (χ1v) is 7.07. The third kappa shape index (κ3) is 2.99. The molecule has 0 spiro atoms. The second-order valence-electron chi connectivity index (χ2n) is 5.06. The fraction of sp³-hybridized carbons (Fsp3) is 0.312. The standard InChI is InChI=1S/C16H19N3O2/c1-11-4-2-5-13(18-11)16(19-17)12-6-7-14-15(10-12)21-9-3-8-20-14/h2,4-7,10,16,19H,3,8-9,17H2,1H3. The van der Waals surface area contributed by atoms with Gasteiger partial charge in [-0.2, -0.15) is 0 Å². The molecule has 5 heteroatoms. The van der Waals surface area contributed by atoms with Crippen molar-refractivity contribution >= 4 is 0 Å². The van der Waals surface area contributed by atoms with E-state index in [0.717, 1.165) is 34.9 Å². The molecule has 3 N–H and O–H groups in total. The van der Waals surface area contributed by atoms with Gasteiger partial charge >= 0.3 is 0 Å². The highest BCUT2D eigenvalue weighted by Gasteiger charge is 2.18. The molecule has 3 rings (SSSR count). The van der Waals surface area contributed by atoms with Gasteiger partial charge in [-0.3, -0.25) is 10.8 Å². The largest absolute Gasteiger partial charge is 0.490 e. The minimum absolute atomic E-state index is 0.179. The SMILES string of the molecule is Cc1cccc(C(NN)c2ccc3c(c2)OCCCO3)n1. The first-order chi connectivity index (χ1) is 10.3. The average molecular weight is 285 g/mol. The van der Waals surface area contributed by atoms with E-state index in [4.69, 9.17) is 15.3 Å². The number of aromatic nitrogens is 1. The van der Waals surface area contributed by atoms with Crippen molar-refractivity contribution in [3.8, 4) is 11.5 Å².